The zero-order valence-corrected chi connectivity index (χ0v) is 14.8. The number of piperazine rings is 1. The number of carbonyl (C=O) groups excluding carboxylic acids is 1. The third-order valence-corrected chi connectivity index (χ3v) is 5.52. The Morgan fingerprint density at radius 3 is 2.32 bits per heavy atom. The van der Waals surface area contributed by atoms with Gasteiger partial charge in [0.25, 0.3) is 0 Å². The zero-order chi connectivity index (χ0) is 15.9. The molecular weight excluding hydrogens is 292 g/mol. The summed E-state index contributed by atoms with van der Waals surface area (Å²) in [4.78, 5) is 16.9. The lowest BCUT2D eigenvalue weighted by Gasteiger charge is -2.36. The van der Waals surface area contributed by atoms with Crippen molar-refractivity contribution < 1.29 is 4.79 Å². The Labute approximate surface area is 139 Å². The SMILES string of the molecule is CC(C)CSC(C)C(=O)N1CCN(Cc2ccccc2)CC1. The van der Waals surface area contributed by atoms with Gasteiger partial charge in [-0.25, -0.2) is 0 Å². The van der Waals surface area contributed by atoms with Gasteiger partial charge in [0.15, 0.2) is 0 Å². The van der Waals surface area contributed by atoms with Crippen molar-refractivity contribution in [1.82, 2.24) is 9.80 Å². The Morgan fingerprint density at radius 2 is 1.73 bits per heavy atom. The lowest BCUT2D eigenvalue weighted by molar-refractivity contribution is -0.132. The van der Waals surface area contributed by atoms with E-state index in [0.29, 0.717) is 11.8 Å². The summed E-state index contributed by atoms with van der Waals surface area (Å²) in [5, 5.41) is 0.0862. The zero-order valence-electron chi connectivity index (χ0n) is 14.0. The molecule has 3 nitrogen and oxygen atoms in total. The maximum absolute atomic E-state index is 12.5. The summed E-state index contributed by atoms with van der Waals surface area (Å²) < 4.78 is 0. The van der Waals surface area contributed by atoms with Crippen LogP contribution in [0, 0.1) is 5.92 Å². The second kappa shape index (κ2) is 8.59. The number of hydrogen-bond acceptors (Lipinski definition) is 3. The number of rotatable bonds is 6. The van der Waals surface area contributed by atoms with Crippen LogP contribution in [-0.4, -0.2) is 52.9 Å². The van der Waals surface area contributed by atoms with Crippen molar-refractivity contribution in [2.24, 2.45) is 5.92 Å². The molecule has 1 fully saturated rings. The average Bonchev–Trinajstić information content (AvgIpc) is 2.53. The highest BCUT2D eigenvalue weighted by atomic mass is 32.2. The van der Waals surface area contributed by atoms with Crippen LogP contribution < -0.4 is 0 Å². The van der Waals surface area contributed by atoms with E-state index in [1.54, 1.807) is 11.8 Å². The molecule has 22 heavy (non-hydrogen) atoms. The Kier molecular flexibility index (Phi) is 6.77. The molecule has 1 heterocycles. The minimum Gasteiger partial charge on any atom is -0.339 e. The van der Waals surface area contributed by atoms with Gasteiger partial charge >= 0.3 is 0 Å². The van der Waals surface area contributed by atoms with Gasteiger partial charge in [0, 0.05) is 32.7 Å². The molecule has 0 saturated carbocycles. The molecule has 4 heteroatoms. The minimum absolute atomic E-state index is 0.0862. The smallest absolute Gasteiger partial charge is 0.235 e. The molecule has 0 aromatic heterocycles. The molecule has 0 bridgehead atoms. The first-order valence-electron chi connectivity index (χ1n) is 8.23. The summed E-state index contributed by atoms with van der Waals surface area (Å²) in [5.41, 5.74) is 1.35. The third kappa shape index (κ3) is 5.33. The molecule has 1 aliphatic heterocycles. The fourth-order valence-corrected chi connectivity index (χ4v) is 3.60. The molecule has 1 unspecified atom stereocenters. The van der Waals surface area contributed by atoms with Gasteiger partial charge in [-0.2, -0.15) is 0 Å². The lowest BCUT2D eigenvalue weighted by Crippen LogP contribution is -2.50. The maximum atomic E-state index is 12.5. The van der Waals surface area contributed by atoms with Crippen molar-refractivity contribution in [2.45, 2.75) is 32.6 Å². The monoisotopic (exact) mass is 320 g/mol. The summed E-state index contributed by atoms with van der Waals surface area (Å²) in [6, 6.07) is 10.6. The predicted octanol–water partition coefficient (Wildman–Crippen LogP) is 3.11. The molecule has 1 aromatic rings. The van der Waals surface area contributed by atoms with Crippen LogP contribution in [0.3, 0.4) is 0 Å². The number of amides is 1. The van der Waals surface area contributed by atoms with Crippen molar-refractivity contribution in [3.05, 3.63) is 35.9 Å². The fraction of sp³-hybridized carbons (Fsp3) is 0.611. The summed E-state index contributed by atoms with van der Waals surface area (Å²) in [5.74, 6) is 2.01. The second-order valence-electron chi connectivity index (χ2n) is 6.46. The van der Waals surface area contributed by atoms with Crippen molar-refractivity contribution in [2.75, 3.05) is 31.9 Å². The number of benzene rings is 1. The summed E-state index contributed by atoms with van der Waals surface area (Å²) in [6.45, 7) is 11.1. The average molecular weight is 321 g/mol. The molecule has 1 atom stereocenters. The third-order valence-electron chi connectivity index (χ3n) is 3.96. The van der Waals surface area contributed by atoms with Gasteiger partial charge < -0.3 is 4.90 Å². The van der Waals surface area contributed by atoms with Gasteiger partial charge in [-0.3, -0.25) is 9.69 Å². The molecule has 1 amide bonds. The van der Waals surface area contributed by atoms with Crippen LogP contribution in [0.2, 0.25) is 0 Å². The van der Waals surface area contributed by atoms with Gasteiger partial charge in [0.2, 0.25) is 5.91 Å². The molecule has 0 aliphatic carbocycles. The molecule has 122 valence electrons. The molecule has 1 aromatic carbocycles. The van der Waals surface area contributed by atoms with E-state index in [0.717, 1.165) is 38.5 Å². The number of thioether (sulfide) groups is 1. The molecule has 0 radical (unpaired) electrons. The maximum Gasteiger partial charge on any atom is 0.235 e. The standard InChI is InChI=1S/C18H28N2OS/c1-15(2)14-22-16(3)18(21)20-11-9-19(10-12-20)13-17-7-5-4-6-8-17/h4-8,15-16H,9-14H2,1-3H3. The summed E-state index contributed by atoms with van der Waals surface area (Å²) in [6.07, 6.45) is 0. The van der Waals surface area contributed by atoms with Crippen molar-refractivity contribution in [3.63, 3.8) is 0 Å². The second-order valence-corrected chi connectivity index (χ2v) is 7.83. The van der Waals surface area contributed by atoms with Gasteiger partial charge in [0.05, 0.1) is 5.25 Å². The van der Waals surface area contributed by atoms with Crippen molar-refractivity contribution >= 4 is 17.7 Å². The topological polar surface area (TPSA) is 23.6 Å². The van der Waals surface area contributed by atoms with Crippen LogP contribution in [0.1, 0.15) is 26.3 Å². The number of hydrogen-bond donors (Lipinski definition) is 0. The first-order chi connectivity index (χ1) is 10.6. The summed E-state index contributed by atoms with van der Waals surface area (Å²) >= 11 is 1.78. The van der Waals surface area contributed by atoms with Crippen molar-refractivity contribution in [1.29, 1.82) is 0 Å². The highest BCUT2D eigenvalue weighted by molar-refractivity contribution is 8.00. The highest BCUT2D eigenvalue weighted by Crippen LogP contribution is 2.18. The van der Waals surface area contributed by atoms with Crippen LogP contribution in [-0.2, 0) is 11.3 Å². The lowest BCUT2D eigenvalue weighted by atomic mass is 10.2. The van der Waals surface area contributed by atoms with E-state index in [9.17, 15) is 4.79 Å². The van der Waals surface area contributed by atoms with Gasteiger partial charge in [0.1, 0.15) is 0 Å². The minimum atomic E-state index is 0.0862. The van der Waals surface area contributed by atoms with Gasteiger partial charge in [-0.15, -0.1) is 11.8 Å². The van der Waals surface area contributed by atoms with E-state index < -0.39 is 0 Å². The first-order valence-corrected chi connectivity index (χ1v) is 9.28. The molecule has 1 aliphatic rings. The molecule has 1 saturated heterocycles. The van der Waals surface area contributed by atoms with E-state index in [1.807, 2.05) is 11.8 Å². The Balaban J connectivity index is 1.75. The predicted molar refractivity (Wildman–Crippen MR) is 95.1 cm³/mol. The van der Waals surface area contributed by atoms with E-state index in [2.05, 4.69) is 49.1 Å². The number of carbonyl (C=O) groups is 1. The summed E-state index contributed by atoms with van der Waals surface area (Å²) in [7, 11) is 0. The Morgan fingerprint density at radius 1 is 1.09 bits per heavy atom. The van der Waals surface area contributed by atoms with Crippen LogP contribution in [0.25, 0.3) is 0 Å². The largest absolute Gasteiger partial charge is 0.339 e. The van der Waals surface area contributed by atoms with Gasteiger partial charge in [-0.1, -0.05) is 44.2 Å². The van der Waals surface area contributed by atoms with E-state index >= 15 is 0 Å². The molecule has 0 N–H and O–H groups in total. The number of nitrogens with zero attached hydrogens (tertiary/aromatic N) is 2. The van der Waals surface area contributed by atoms with Crippen LogP contribution >= 0.6 is 11.8 Å². The Hall–Kier alpha value is -1.00. The molecular formula is C18H28N2OS. The van der Waals surface area contributed by atoms with E-state index in [-0.39, 0.29) is 5.25 Å². The first kappa shape index (κ1) is 17.4. The van der Waals surface area contributed by atoms with E-state index in [4.69, 9.17) is 0 Å². The highest BCUT2D eigenvalue weighted by Gasteiger charge is 2.25. The van der Waals surface area contributed by atoms with Crippen LogP contribution in [0.4, 0.5) is 0 Å². The normalized spacial score (nSPS) is 17.7. The van der Waals surface area contributed by atoms with Gasteiger partial charge in [-0.05, 0) is 24.2 Å². The van der Waals surface area contributed by atoms with E-state index in [1.165, 1.54) is 5.56 Å². The molecule has 0 spiro atoms. The van der Waals surface area contributed by atoms with Crippen molar-refractivity contribution in [3.8, 4) is 0 Å². The quantitative estimate of drug-likeness (QED) is 0.805. The Bertz CT molecular complexity index is 455. The van der Waals surface area contributed by atoms with Crippen LogP contribution in [0.5, 0.6) is 0 Å². The molecule has 2 rings (SSSR count). The fourth-order valence-electron chi connectivity index (χ4n) is 2.63. The van der Waals surface area contributed by atoms with Crippen LogP contribution in [0.15, 0.2) is 30.3 Å².